The maximum atomic E-state index is 9.45. The molecule has 0 aliphatic rings. The minimum atomic E-state index is 0.0417. The third kappa shape index (κ3) is 3.17. The molecule has 2 nitrogen and oxygen atoms in total. The second-order valence-electron chi connectivity index (χ2n) is 4.51. The summed E-state index contributed by atoms with van der Waals surface area (Å²) in [5.41, 5.74) is 4.38. The van der Waals surface area contributed by atoms with Gasteiger partial charge in [-0.2, -0.15) is 0 Å². The Morgan fingerprint density at radius 2 is 1.79 bits per heavy atom. The lowest BCUT2D eigenvalue weighted by molar-refractivity contribution is 0.282. The van der Waals surface area contributed by atoms with Gasteiger partial charge >= 0.3 is 0 Å². The molecule has 0 saturated carbocycles. The van der Waals surface area contributed by atoms with E-state index in [4.69, 9.17) is 0 Å². The van der Waals surface area contributed by atoms with Crippen molar-refractivity contribution in [3.05, 3.63) is 58.1 Å². The van der Waals surface area contributed by atoms with E-state index in [0.717, 1.165) is 27.8 Å². The maximum Gasteiger partial charge on any atom is 0.0702 e. The van der Waals surface area contributed by atoms with Crippen LogP contribution >= 0.6 is 15.9 Å². The number of halogens is 1. The summed E-state index contributed by atoms with van der Waals surface area (Å²) in [7, 11) is 2.02. The lowest BCUT2D eigenvalue weighted by atomic mass is 10.1. The van der Waals surface area contributed by atoms with Crippen molar-refractivity contribution in [3.8, 4) is 0 Å². The zero-order chi connectivity index (χ0) is 13.8. The quantitative estimate of drug-likeness (QED) is 0.909. The first-order chi connectivity index (χ1) is 9.15. The summed E-state index contributed by atoms with van der Waals surface area (Å²) in [4.78, 5) is 2.09. The van der Waals surface area contributed by atoms with E-state index in [1.54, 1.807) is 0 Å². The molecule has 1 N–H and O–H groups in total. The highest BCUT2D eigenvalue weighted by Gasteiger charge is 2.09. The van der Waals surface area contributed by atoms with E-state index < -0.39 is 0 Å². The van der Waals surface area contributed by atoms with Crippen LogP contribution in [0.25, 0.3) is 0 Å². The van der Waals surface area contributed by atoms with Gasteiger partial charge in [-0.1, -0.05) is 41.1 Å². The minimum Gasteiger partial charge on any atom is -0.392 e. The van der Waals surface area contributed by atoms with E-state index in [0.29, 0.717) is 0 Å². The number of aliphatic hydroxyl groups excluding tert-OH is 1. The van der Waals surface area contributed by atoms with Crippen LogP contribution in [-0.4, -0.2) is 12.2 Å². The lowest BCUT2D eigenvalue weighted by Gasteiger charge is -2.22. The molecule has 0 spiro atoms. The highest BCUT2D eigenvalue weighted by Crippen LogP contribution is 2.30. The van der Waals surface area contributed by atoms with E-state index in [1.807, 2.05) is 25.2 Å². The van der Waals surface area contributed by atoms with Gasteiger partial charge in [0.05, 0.1) is 6.61 Å². The average molecular weight is 320 g/mol. The number of aliphatic hydroxyl groups is 1. The molecule has 19 heavy (non-hydrogen) atoms. The fourth-order valence-electron chi connectivity index (χ4n) is 2.08. The van der Waals surface area contributed by atoms with Crippen molar-refractivity contribution in [3.63, 3.8) is 0 Å². The fourth-order valence-corrected chi connectivity index (χ4v) is 2.43. The second-order valence-corrected chi connectivity index (χ2v) is 5.43. The molecule has 0 fully saturated rings. The van der Waals surface area contributed by atoms with E-state index in [2.05, 4.69) is 52.0 Å². The van der Waals surface area contributed by atoms with Crippen molar-refractivity contribution in [2.45, 2.75) is 20.0 Å². The molecule has 0 bridgehead atoms. The molecule has 0 saturated heterocycles. The van der Waals surface area contributed by atoms with Gasteiger partial charge in [-0.05, 0) is 36.2 Å². The van der Waals surface area contributed by atoms with Crippen molar-refractivity contribution in [2.75, 3.05) is 11.9 Å². The average Bonchev–Trinajstić information content (AvgIpc) is 2.46. The SMILES string of the molecule is CCc1ccc(N(C)c2cc(Br)ccc2CO)cc1. The number of hydrogen-bond donors (Lipinski definition) is 1. The molecule has 0 amide bonds. The highest BCUT2D eigenvalue weighted by atomic mass is 79.9. The number of nitrogens with zero attached hydrogens (tertiary/aromatic N) is 1. The number of benzene rings is 2. The Hall–Kier alpha value is -1.32. The molecule has 0 aliphatic heterocycles. The molecule has 0 atom stereocenters. The monoisotopic (exact) mass is 319 g/mol. The van der Waals surface area contributed by atoms with Crippen LogP contribution in [-0.2, 0) is 13.0 Å². The topological polar surface area (TPSA) is 23.5 Å². The van der Waals surface area contributed by atoms with Gasteiger partial charge in [0.1, 0.15) is 0 Å². The Bertz CT molecular complexity index is 551. The molecule has 0 radical (unpaired) electrons. The zero-order valence-corrected chi connectivity index (χ0v) is 12.8. The van der Waals surface area contributed by atoms with Gasteiger partial charge < -0.3 is 10.0 Å². The van der Waals surface area contributed by atoms with Crippen LogP contribution in [0, 0.1) is 0 Å². The highest BCUT2D eigenvalue weighted by molar-refractivity contribution is 9.10. The number of hydrogen-bond acceptors (Lipinski definition) is 2. The first kappa shape index (κ1) is 14.1. The van der Waals surface area contributed by atoms with E-state index in [-0.39, 0.29) is 6.61 Å². The Balaban J connectivity index is 2.36. The summed E-state index contributed by atoms with van der Waals surface area (Å²) in [6.45, 7) is 2.19. The number of aryl methyl sites for hydroxylation is 1. The van der Waals surface area contributed by atoms with Crippen LogP contribution in [0.1, 0.15) is 18.1 Å². The minimum absolute atomic E-state index is 0.0417. The number of rotatable bonds is 4. The molecule has 3 heteroatoms. The first-order valence-electron chi connectivity index (χ1n) is 6.37. The summed E-state index contributed by atoms with van der Waals surface area (Å²) in [6, 6.07) is 14.4. The smallest absolute Gasteiger partial charge is 0.0702 e. The summed E-state index contributed by atoms with van der Waals surface area (Å²) < 4.78 is 1.01. The molecule has 2 rings (SSSR count). The van der Waals surface area contributed by atoms with Crippen molar-refractivity contribution in [2.24, 2.45) is 0 Å². The summed E-state index contributed by atoms with van der Waals surface area (Å²) >= 11 is 3.48. The largest absolute Gasteiger partial charge is 0.392 e. The molecule has 2 aromatic rings. The molecule has 0 aliphatic carbocycles. The molecular formula is C16H18BrNO. The standard InChI is InChI=1S/C16H18BrNO/c1-3-12-4-8-15(9-5-12)18(2)16-10-14(17)7-6-13(16)11-19/h4-10,19H,3,11H2,1-2H3. The van der Waals surface area contributed by atoms with Crippen LogP contribution in [0.3, 0.4) is 0 Å². The third-order valence-corrected chi connectivity index (χ3v) is 3.80. The van der Waals surface area contributed by atoms with Crippen molar-refractivity contribution >= 4 is 27.3 Å². The summed E-state index contributed by atoms with van der Waals surface area (Å²) in [5, 5.41) is 9.45. The Morgan fingerprint density at radius 1 is 1.11 bits per heavy atom. The lowest BCUT2D eigenvalue weighted by Crippen LogP contribution is -2.12. The van der Waals surface area contributed by atoms with E-state index in [1.165, 1.54) is 5.56 Å². The van der Waals surface area contributed by atoms with E-state index >= 15 is 0 Å². The van der Waals surface area contributed by atoms with Gasteiger partial charge in [0.25, 0.3) is 0 Å². The molecule has 0 unspecified atom stereocenters. The van der Waals surface area contributed by atoms with Gasteiger partial charge in [-0.3, -0.25) is 0 Å². The van der Waals surface area contributed by atoms with Crippen molar-refractivity contribution < 1.29 is 5.11 Å². The second kappa shape index (κ2) is 6.22. The third-order valence-electron chi connectivity index (χ3n) is 3.31. The summed E-state index contributed by atoms with van der Waals surface area (Å²) in [5.74, 6) is 0. The normalized spacial score (nSPS) is 10.5. The van der Waals surface area contributed by atoms with Gasteiger partial charge in [0.15, 0.2) is 0 Å². The Labute approximate surface area is 122 Å². The predicted octanol–water partition coefficient (Wildman–Crippen LogP) is 4.27. The van der Waals surface area contributed by atoms with Crippen LogP contribution in [0.4, 0.5) is 11.4 Å². The first-order valence-corrected chi connectivity index (χ1v) is 7.17. The molecule has 100 valence electrons. The molecule has 2 aromatic carbocycles. The Kier molecular flexibility index (Phi) is 4.61. The number of anilines is 2. The van der Waals surface area contributed by atoms with Gasteiger partial charge in [0.2, 0.25) is 0 Å². The van der Waals surface area contributed by atoms with Crippen molar-refractivity contribution in [1.82, 2.24) is 0 Å². The molecular weight excluding hydrogens is 302 g/mol. The van der Waals surface area contributed by atoms with Crippen LogP contribution < -0.4 is 4.90 Å². The van der Waals surface area contributed by atoms with Crippen LogP contribution in [0.5, 0.6) is 0 Å². The van der Waals surface area contributed by atoms with Crippen LogP contribution in [0.2, 0.25) is 0 Å². The van der Waals surface area contributed by atoms with E-state index in [9.17, 15) is 5.11 Å². The summed E-state index contributed by atoms with van der Waals surface area (Å²) in [6.07, 6.45) is 1.04. The molecule has 0 aromatic heterocycles. The molecule has 0 heterocycles. The van der Waals surface area contributed by atoms with Gasteiger partial charge in [0, 0.05) is 28.5 Å². The van der Waals surface area contributed by atoms with Crippen LogP contribution in [0.15, 0.2) is 46.9 Å². The maximum absolute atomic E-state index is 9.45. The fraction of sp³-hybridized carbons (Fsp3) is 0.250. The van der Waals surface area contributed by atoms with Gasteiger partial charge in [-0.25, -0.2) is 0 Å². The Morgan fingerprint density at radius 3 is 2.37 bits per heavy atom. The predicted molar refractivity (Wildman–Crippen MR) is 83.9 cm³/mol. The van der Waals surface area contributed by atoms with Crippen molar-refractivity contribution in [1.29, 1.82) is 0 Å². The van der Waals surface area contributed by atoms with Gasteiger partial charge in [-0.15, -0.1) is 0 Å². The zero-order valence-electron chi connectivity index (χ0n) is 11.2.